The van der Waals surface area contributed by atoms with Crippen molar-refractivity contribution in [2.75, 3.05) is 36.5 Å². The molecule has 1 aliphatic rings. The number of anilines is 2. The Kier molecular flexibility index (Phi) is 5.09. The summed E-state index contributed by atoms with van der Waals surface area (Å²) in [6.45, 7) is 2.87. The molecule has 0 unspecified atom stereocenters. The second kappa shape index (κ2) is 8.19. The van der Waals surface area contributed by atoms with Crippen LogP contribution < -0.4 is 15.8 Å². The van der Waals surface area contributed by atoms with Gasteiger partial charge in [-0.1, -0.05) is 24.3 Å². The van der Waals surface area contributed by atoms with Crippen molar-refractivity contribution in [3.8, 4) is 5.69 Å². The van der Waals surface area contributed by atoms with Crippen molar-refractivity contribution in [2.45, 2.75) is 6.54 Å². The lowest BCUT2D eigenvalue weighted by atomic mass is 10.1. The highest BCUT2D eigenvalue weighted by atomic mass is 19.1. The van der Waals surface area contributed by atoms with E-state index in [1.54, 1.807) is 10.7 Å². The number of fused-ring (bicyclic) bond motifs is 1. The molecule has 31 heavy (non-hydrogen) atoms. The topological polar surface area (TPSA) is 88.1 Å². The van der Waals surface area contributed by atoms with Crippen LogP contribution in [0.3, 0.4) is 0 Å². The molecule has 1 fully saturated rings. The van der Waals surface area contributed by atoms with Gasteiger partial charge in [-0.15, -0.1) is 0 Å². The molecule has 8 nitrogen and oxygen atoms in total. The zero-order valence-electron chi connectivity index (χ0n) is 16.7. The van der Waals surface area contributed by atoms with Crippen molar-refractivity contribution in [3.05, 3.63) is 76.5 Å². The van der Waals surface area contributed by atoms with Gasteiger partial charge in [0.1, 0.15) is 11.2 Å². The number of H-pyrrole nitrogens is 1. The van der Waals surface area contributed by atoms with Crippen LogP contribution in [-0.2, 0) is 11.3 Å². The van der Waals surface area contributed by atoms with Crippen molar-refractivity contribution in [1.82, 2.24) is 19.7 Å². The van der Waals surface area contributed by atoms with Gasteiger partial charge in [0, 0.05) is 19.6 Å². The maximum absolute atomic E-state index is 14.6. The minimum absolute atomic E-state index is 0.278. The quantitative estimate of drug-likeness (QED) is 0.516. The molecule has 0 spiro atoms. The molecule has 0 radical (unpaired) electrons. The van der Waals surface area contributed by atoms with E-state index < -0.39 is 0 Å². The molecule has 0 aliphatic carbocycles. The van der Waals surface area contributed by atoms with E-state index in [-0.39, 0.29) is 11.4 Å². The number of rotatable bonds is 5. The molecule has 4 aromatic rings. The summed E-state index contributed by atoms with van der Waals surface area (Å²) in [6.07, 6.45) is 1.50. The summed E-state index contributed by atoms with van der Waals surface area (Å²) in [4.78, 5) is 21.7. The van der Waals surface area contributed by atoms with Crippen LogP contribution in [0.2, 0.25) is 0 Å². The van der Waals surface area contributed by atoms with E-state index in [2.05, 4.69) is 20.4 Å². The van der Waals surface area contributed by atoms with Crippen LogP contribution in [0, 0.1) is 5.82 Å². The summed E-state index contributed by atoms with van der Waals surface area (Å²) in [7, 11) is 0. The first-order valence-corrected chi connectivity index (χ1v) is 10.1. The zero-order valence-corrected chi connectivity index (χ0v) is 16.7. The molecule has 158 valence electrons. The third-order valence-electron chi connectivity index (χ3n) is 5.26. The van der Waals surface area contributed by atoms with Gasteiger partial charge in [0.15, 0.2) is 5.65 Å². The normalized spacial score (nSPS) is 14.2. The fourth-order valence-electron chi connectivity index (χ4n) is 3.67. The molecule has 0 amide bonds. The number of para-hydroxylation sites is 1. The molecule has 5 rings (SSSR count). The molecule has 1 saturated heterocycles. The summed E-state index contributed by atoms with van der Waals surface area (Å²) in [6, 6.07) is 14.6. The highest BCUT2D eigenvalue weighted by molar-refractivity contribution is 5.76. The first kappa shape index (κ1) is 19.3. The number of aromatic nitrogens is 4. The van der Waals surface area contributed by atoms with Gasteiger partial charge in [0.2, 0.25) is 5.95 Å². The number of morpholine rings is 1. The molecule has 0 bridgehead atoms. The summed E-state index contributed by atoms with van der Waals surface area (Å²) in [5.74, 6) is 0.0214. The highest BCUT2D eigenvalue weighted by Crippen LogP contribution is 2.22. The summed E-state index contributed by atoms with van der Waals surface area (Å²) in [5.41, 5.74) is 2.29. The third kappa shape index (κ3) is 3.87. The maximum Gasteiger partial charge on any atom is 0.263 e. The van der Waals surface area contributed by atoms with Gasteiger partial charge in [0.25, 0.3) is 5.56 Å². The number of nitrogens with zero attached hydrogens (tertiary/aromatic N) is 4. The van der Waals surface area contributed by atoms with E-state index in [0.717, 1.165) is 11.3 Å². The molecule has 1 aliphatic heterocycles. The molecule has 0 saturated carbocycles. The van der Waals surface area contributed by atoms with Gasteiger partial charge < -0.3 is 15.0 Å². The van der Waals surface area contributed by atoms with Crippen molar-refractivity contribution in [1.29, 1.82) is 0 Å². The predicted octanol–water partition coefficient (Wildman–Crippen LogP) is 2.70. The Bertz CT molecular complexity index is 1260. The zero-order chi connectivity index (χ0) is 21.2. The molecule has 3 heterocycles. The van der Waals surface area contributed by atoms with E-state index in [9.17, 15) is 9.18 Å². The molecular weight excluding hydrogens is 399 g/mol. The van der Waals surface area contributed by atoms with E-state index in [1.807, 2.05) is 41.3 Å². The second-order valence-electron chi connectivity index (χ2n) is 7.28. The minimum Gasteiger partial charge on any atom is -0.378 e. The summed E-state index contributed by atoms with van der Waals surface area (Å²) < 4.78 is 21.6. The van der Waals surface area contributed by atoms with Crippen LogP contribution >= 0.6 is 0 Å². The van der Waals surface area contributed by atoms with Crippen molar-refractivity contribution >= 4 is 22.7 Å². The largest absolute Gasteiger partial charge is 0.378 e. The number of benzene rings is 2. The van der Waals surface area contributed by atoms with Crippen LogP contribution in [-0.4, -0.2) is 46.1 Å². The van der Waals surface area contributed by atoms with E-state index in [1.165, 1.54) is 12.3 Å². The molecular formula is C22H21FN6O2. The van der Waals surface area contributed by atoms with Crippen molar-refractivity contribution in [2.24, 2.45) is 0 Å². The average Bonchev–Trinajstić information content (AvgIpc) is 3.23. The van der Waals surface area contributed by atoms with Gasteiger partial charge >= 0.3 is 0 Å². The Labute approximate surface area is 177 Å². The molecule has 2 aromatic carbocycles. The van der Waals surface area contributed by atoms with Crippen LogP contribution in [0.25, 0.3) is 16.7 Å². The van der Waals surface area contributed by atoms with Crippen LogP contribution in [0.15, 0.2) is 59.5 Å². The standard InChI is InChI=1S/C22H21FN6O2/c23-18-12-15(6-7-19(18)28-8-10-31-11-9-28)13-24-22-26-20-17(21(30)27-22)14-25-29(20)16-4-2-1-3-5-16/h1-7,12,14H,8-11,13H2,(H2,24,26,27,30). The first-order valence-electron chi connectivity index (χ1n) is 10.1. The lowest BCUT2D eigenvalue weighted by molar-refractivity contribution is 0.122. The smallest absolute Gasteiger partial charge is 0.263 e. The second-order valence-corrected chi connectivity index (χ2v) is 7.28. The SMILES string of the molecule is O=c1[nH]c(NCc2ccc(N3CCOCC3)c(F)c2)nc2c1cnn2-c1ccccc1. The molecule has 9 heteroatoms. The number of aromatic amines is 1. The molecule has 2 N–H and O–H groups in total. The summed E-state index contributed by atoms with van der Waals surface area (Å²) in [5, 5.41) is 7.77. The van der Waals surface area contributed by atoms with Gasteiger partial charge in [-0.25, -0.2) is 9.07 Å². The number of hydrogen-bond acceptors (Lipinski definition) is 6. The minimum atomic E-state index is -0.288. The van der Waals surface area contributed by atoms with Crippen LogP contribution in [0.4, 0.5) is 16.0 Å². The van der Waals surface area contributed by atoms with Gasteiger partial charge in [0.05, 0.1) is 30.8 Å². The Hall–Kier alpha value is -3.72. The fraction of sp³-hybridized carbons (Fsp3) is 0.227. The maximum atomic E-state index is 14.6. The third-order valence-corrected chi connectivity index (χ3v) is 5.26. The number of halogens is 1. The van der Waals surface area contributed by atoms with E-state index in [4.69, 9.17) is 4.74 Å². The molecule has 0 atom stereocenters. The van der Waals surface area contributed by atoms with E-state index in [0.29, 0.717) is 55.5 Å². The average molecular weight is 420 g/mol. The van der Waals surface area contributed by atoms with Crippen LogP contribution in [0.1, 0.15) is 5.56 Å². The Morgan fingerprint density at radius 1 is 1.13 bits per heavy atom. The Morgan fingerprint density at radius 2 is 1.94 bits per heavy atom. The number of ether oxygens (including phenoxy) is 1. The highest BCUT2D eigenvalue weighted by Gasteiger charge is 2.16. The van der Waals surface area contributed by atoms with E-state index >= 15 is 0 Å². The fourth-order valence-corrected chi connectivity index (χ4v) is 3.67. The van der Waals surface area contributed by atoms with Crippen LogP contribution in [0.5, 0.6) is 0 Å². The molecule has 2 aromatic heterocycles. The van der Waals surface area contributed by atoms with Crippen molar-refractivity contribution in [3.63, 3.8) is 0 Å². The van der Waals surface area contributed by atoms with Gasteiger partial charge in [-0.2, -0.15) is 10.1 Å². The van der Waals surface area contributed by atoms with Crippen molar-refractivity contribution < 1.29 is 9.13 Å². The Morgan fingerprint density at radius 3 is 2.71 bits per heavy atom. The number of nitrogens with one attached hydrogen (secondary N) is 2. The lowest BCUT2D eigenvalue weighted by Crippen LogP contribution is -2.36. The lowest BCUT2D eigenvalue weighted by Gasteiger charge is -2.29. The Balaban J connectivity index is 1.37. The number of hydrogen-bond donors (Lipinski definition) is 2. The monoisotopic (exact) mass is 420 g/mol. The predicted molar refractivity (Wildman–Crippen MR) is 116 cm³/mol. The summed E-state index contributed by atoms with van der Waals surface area (Å²) >= 11 is 0. The van der Waals surface area contributed by atoms with Gasteiger partial charge in [-0.3, -0.25) is 9.78 Å². The first-order chi connectivity index (χ1) is 15.2. The van der Waals surface area contributed by atoms with Gasteiger partial charge in [-0.05, 0) is 29.8 Å².